The molecule has 19 heavy (non-hydrogen) atoms. The first-order chi connectivity index (χ1) is 9.08. The van der Waals surface area contributed by atoms with Gasteiger partial charge in [-0.2, -0.15) is 0 Å². The molecule has 0 bridgehead atoms. The Morgan fingerprint density at radius 2 is 2.00 bits per heavy atom. The summed E-state index contributed by atoms with van der Waals surface area (Å²) >= 11 is 0. The number of nitrogens with one attached hydrogen (secondary N) is 1. The number of carboxylic acids is 1. The topological polar surface area (TPSA) is 75.6 Å². The zero-order valence-corrected chi connectivity index (χ0v) is 10.7. The molecule has 0 radical (unpaired) electrons. The van der Waals surface area contributed by atoms with Crippen LogP contribution in [0.5, 0.6) is 0 Å². The molecule has 2 N–H and O–H groups in total. The van der Waals surface area contributed by atoms with Crippen molar-refractivity contribution in [2.45, 2.75) is 38.0 Å². The van der Waals surface area contributed by atoms with Crippen LogP contribution in [-0.2, 0) is 14.3 Å². The monoisotopic (exact) mass is 263 g/mol. The fraction of sp³-hybridized carbons (Fsp3) is 0.429. The van der Waals surface area contributed by atoms with Crippen LogP contribution in [0.25, 0.3) is 0 Å². The number of ether oxygens (including phenoxy) is 1. The maximum absolute atomic E-state index is 12.0. The summed E-state index contributed by atoms with van der Waals surface area (Å²) in [5.41, 5.74) is 0.550. The Morgan fingerprint density at radius 1 is 1.32 bits per heavy atom. The molecule has 0 spiro atoms. The Bertz CT molecular complexity index is 460. The van der Waals surface area contributed by atoms with E-state index in [1.54, 1.807) is 30.3 Å². The number of hydrogen-bond donors (Lipinski definition) is 2. The molecule has 1 fully saturated rings. The van der Waals surface area contributed by atoms with E-state index >= 15 is 0 Å². The number of carbonyl (C=O) groups is 2. The van der Waals surface area contributed by atoms with Gasteiger partial charge in [0.05, 0.1) is 6.10 Å². The van der Waals surface area contributed by atoms with Crippen LogP contribution in [0.4, 0.5) is 0 Å². The lowest BCUT2D eigenvalue weighted by Crippen LogP contribution is -2.40. The third-order valence-corrected chi connectivity index (χ3v) is 3.19. The summed E-state index contributed by atoms with van der Waals surface area (Å²) in [5.74, 6) is -1.44. The van der Waals surface area contributed by atoms with Crippen LogP contribution in [-0.4, -0.2) is 29.2 Å². The van der Waals surface area contributed by atoms with Crippen LogP contribution in [0.2, 0.25) is 0 Å². The molecule has 1 heterocycles. The predicted octanol–water partition coefficient (Wildman–Crippen LogP) is 1.50. The largest absolute Gasteiger partial charge is 0.479 e. The zero-order chi connectivity index (χ0) is 13.8. The summed E-state index contributed by atoms with van der Waals surface area (Å²) in [5, 5.41) is 11.7. The van der Waals surface area contributed by atoms with Crippen molar-refractivity contribution in [2.75, 3.05) is 0 Å². The average Bonchev–Trinajstić information content (AvgIpc) is 2.83. The molecular weight excluding hydrogens is 246 g/mol. The second kappa shape index (κ2) is 5.84. The highest BCUT2D eigenvalue weighted by Gasteiger charge is 2.31. The van der Waals surface area contributed by atoms with E-state index < -0.39 is 18.1 Å². The molecule has 0 aliphatic carbocycles. The van der Waals surface area contributed by atoms with Gasteiger partial charge in [0, 0.05) is 0 Å². The summed E-state index contributed by atoms with van der Waals surface area (Å²) in [6.45, 7) is 1.90. The SMILES string of the molecule is C[C@@H]1CC[C@@H](C(=O)N[C@@H](C(=O)O)c2ccccc2)O1. The van der Waals surface area contributed by atoms with Gasteiger partial charge in [-0.3, -0.25) is 4.79 Å². The molecule has 5 nitrogen and oxygen atoms in total. The molecular formula is C14H17NO4. The van der Waals surface area contributed by atoms with E-state index in [1.165, 1.54) is 0 Å². The van der Waals surface area contributed by atoms with Crippen molar-refractivity contribution in [3.8, 4) is 0 Å². The van der Waals surface area contributed by atoms with Gasteiger partial charge in [-0.25, -0.2) is 4.79 Å². The smallest absolute Gasteiger partial charge is 0.330 e. The van der Waals surface area contributed by atoms with Crippen molar-refractivity contribution >= 4 is 11.9 Å². The van der Waals surface area contributed by atoms with Gasteiger partial charge in [0.25, 0.3) is 0 Å². The van der Waals surface area contributed by atoms with E-state index in [2.05, 4.69) is 5.32 Å². The second-order valence-corrected chi connectivity index (χ2v) is 4.70. The van der Waals surface area contributed by atoms with Crippen molar-refractivity contribution < 1.29 is 19.4 Å². The highest BCUT2D eigenvalue weighted by atomic mass is 16.5. The Morgan fingerprint density at radius 3 is 2.53 bits per heavy atom. The number of benzene rings is 1. The molecule has 102 valence electrons. The normalized spacial score (nSPS) is 23.8. The van der Waals surface area contributed by atoms with Crippen LogP contribution in [0.3, 0.4) is 0 Å². The number of carbonyl (C=O) groups excluding carboxylic acids is 1. The van der Waals surface area contributed by atoms with Gasteiger partial charge in [0.2, 0.25) is 5.91 Å². The van der Waals surface area contributed by atoms with Gasteiger partial charge in [0.15, 0.2) is 6.04 Å². The number of amides is 1. The first kappa shape index (κ1) is 13.5. The summed E-state index contributed by atoms with van der Waals surface area (Å²) in [7, 11) is 0. The molecule has 1 aromatic carbocycles. The van der Waals surface area contributed by atoms with Crippen molar-refractivity contribution in [1.82, 2.24) is 5.32 Å². The molecule has 3 atom stereocenters. The van der Waals surface area contributed by atoms with Crippen LogP contribution >= 0.6 is 0 Å². The number of hydrogen-bond acceptors (Lipinski definition) is 3. The zero-order valence-electron chi connectivity index (χ0n) is 10.7. The van der Waals surface area contributed by atoms with Gasteiger partial charge in [-0.1, -0.05) is 30.3 Å². The molecule has 1 saturated heterocycles. The van der Waals surface area contributed by atoms with Gasteiger partial charge in [-0.15, -0.1) is 0 Å². The Kier molecular flexibility index (Phi) is 4.16. The minimum Gasteiger partial charge on any atom is -0.479 e. The first-order valence-corrected chi connectivity index (χ1v) is 6.31. The standard InChI is InChI=1S/C14H17NO4/c1-9-7-8-11(19-9)13(16)15-12(14(17)18)10-5-3-2-4-6-10/h2-6,9,11-12H,7-8H2,1H3,(H,15,16)(H,17,18)/t9-,11+,12-/m1/s1. The third-order valence-electron chi connectivity index (χ3n) is 3.19. The Balaban J connectivity index is 2.05. The molecule has 1 aromatic rings. The van der Waals surface area contributed by atoms with Crippen molar-refractivity contribution in [1.29, 1.82) is 0 Å². The maximum Gasteiger partial charge on any atom is 0.330 e. The molecule has 0 saturated carbocycles. The number of carboxylic acid groups (broad SMARTS) is 1. The highest BCUT2D eigenvalue weighted by molar-refractivity contribution is 5.87. The van der Waals surface area contributed by atoms with Gasteiger partial charge < -0.3 is 15.2 Å². The lowest BCUT2D eigenvalue weighted by Gasteiger charge is -2.17. The molecule has 1 aliphatic heterocycles. The highest BCUT2D eigenvalue weighted by Crippen LogP contribution is 2.20. The molecule has 1 amide bonds. The second-order valence-electron chi connectivity index (χ2n) is 4.70. The van der Waals surface area contributed by atoms with Crippen molar-refractivity contribution in [2.24, 2.45) is 0 Å². The predicted molar refractivity (Wildman–Crippen MR) is 68.5 cm³/mol. The lowest BCUT2D eigenvalue weighted by molar-refractivity contribution is -0.144. The quantitative estimate of drug-likeness (QED) is 0.863. The van der Waals surface area contributed by atoms with Crippen LogP contribution in [0.1, 0.15) is 31.4 Å². The van der Waals surface area contributed by atoms with Gasteiger partial charge in [0.1, 0.15) is 6.10 Å². The van der Waals surface area contributed by atoms with E-state index in [9.17, 15) is 14.7 Å². The van der Waals surface area contributed by atoms with Gasteiger partial charge in [-0.05, 0) is 25.3 Å². The van der Waals surface area contributed by atoms with Gasteiger partial charge >= 0.3 is 5.97 Å². The minimum atomic E-state index is -1.08. The Hall–Kier alpha value is -1.88. The molecule has 0 unspecified atom stereocenters. The van der Waals surface area contributed by atoms with E-state index in [-0.39, 0.29) is 12.0 Å². The lowest BCUT2D eigenvalue weighted by atomic mass is 10.1. The maximum atomic E-state index is 12.0. The fourth-order valence-electron chi connectivity index (χ4n) is 2.16. The summed E-state index contributed by atoms with van der Waals surface area (Å²) in [6.07, 6.45) is 0.964. The molecule has 0 aromatic heterocycles. The van der Waals surface area contributed by atoms with Crippen molar-refractivity contribution in [3.63, 3.8) is 0 Å². The van der Waals surface area contributed by atoms with E-state index in [4.69, 9.17) is 4.74 Å². The summed E-state index contributed by atoms with van der Waals surface area (Å²) < 4.78 is 5.43. The third kappa shape index (κ3) is 3.32. The molecule has 1 aliphatic rings. The average molecular weight is 263 g/mol. The van der Waals surface area contributed by atoms with Crippen LogP contribution in [0.15, 0.2) is 30.3 Å². The molecule has 2 rings (SSSR count). The summed E-state index contributed by atoms with van der Waals surface area (Å²) in [6, 6.07) is 7.60. The van der Waals surface area contributed by atoms with E-state index in [0.717, 1.165) is 6.42 Å². The van der Waals surface area contributed by atoms with Crippen molar-refractivity contribution in [3.05, 3.63) is 35.9 Å². The number of aliphatic carboxylic acids is 1. The number of rotatable bonds is 4. The fourth-order valence-corrected chi connectivity index (χ4v) is 2.16. The summed E-state index contributed by atoms with van der Waals surface area (Å²) in [4.78, 5) is 23.2. The van der Waals surface area contributed by atoms with Crippen LogP contribution < -0.4 is 5.32 Å². The minimum absolute atomic E-state index is 0.0516. The van der Waals surface area contributed by atoms with E-state index in [1.807, 2.05) is 6.92 Å². The van der Waals surface area contributed by atoms with E-state index in [0.29, 0.717) is 12.0 Å². The van der Waals surface area contributed by atoms with Crippen LogP contribution in [0, 0.1) is 0 Å². The Labute approximate surface area is 111 Å². The molecule has 5 heteroatoms. The first-order valence-electron chi connectivity index (χ1n) is 6.31.